The molecule has 0 aromatic carbocycles. The first-order valence-electron chi connectivity index (χ1n) is 8.40. The number of halogens is 2. The van der Waals surface area contributed by atoms with Gasteiger partial charge in [-0.1, -0.05) is 0 Å². The molecule has 0 aliphatic carbocycles. The average Bonchev–Trinajstić information content (AvgIpc) is 2.60. The summed E-state index contributed by atoms with van der Waals surface area (Å²) in [6.07, 6.45) is 6.37. The minimum absolute atomic E-state index is 0. The number of nitrogens with one attached hydrogen (secondary N) is 2. The Bertz CT molecular complexity index is 418. The Morgan fingerprint density at radius 2 is 1.42 bits per heavy atom. The van der Waals surface area contributed by atoms with E-state index >= 15 is 0 Å². The predicted octanol–water partition coefficient (Wildman–Crippen LogP) is 2.08. The summed E-state index contributed by atoms with van der Waals surface area (Å²) in [5, 5.41) is 6.72. The van der Waals surface area contributed by atoms with Gasteiger partial charge in [0.1, 0.15) is 0 Å². The van der Waals surface area contributed by atoms with Crippen molar-refractivity contribution in [2.75, 3.05) is 39.4 Å². The number of ether oxygens (including phenoxy) is 2. The minimum Gasteiger partial charge on any atom is -0.477 e. The Kier molecular flexibility index (Phi) is 10.3. The Balaban J connectivity index is 0.00000144. The van der Waals surface area contributed by atoms with Crippen LogP contribution in [0.15, 0.2) is 12.3 Å². The van der Waals surface area contributed by atoms with Crippen LogP contribution in [0.5, 0.6) is 11.9 Å². The zero-order valence-electron chi connectivity index (χ0n) is 13.9. The molecule has 6 nitrogen and oxygen atoms in total. The van der Waals surface area contributed by atoms with Crippen molar-refractivity contribution in [3.05, 3.63) is 12.3 Å². The highest BCUT2D eigenvalue weighted by atomic mass is 35.5. The largest absolute Gasteiger partial charge is 0.477 e. The van der Waals surface area contributed by atoms with Crippen LogP contribution >= 0.6 is 24.8 Å². The second kappa shape index (κ2) is 11.7. The smallest absolute Gasteiger partial charge is 0.319 e. The lowest BCUT2D eigenvalue weighted by Gasteiger charge is -2.23. The lowest BCUT2D eigenvalue weighted by atomic mass is 9.99. The van der Waals surface area contributed by atoms with Crippen molar-refractivity contribution < 1.29 is 9.47 Å². The molecule has 8 heteroatoms. The Morgan fingerprint density at radius 1 is 0.875 bits per heavy atom. The first-order chi connectivity index (χ1) is 10.9. The van der Waals surface area contributed by atoms with Gasteiger partial charge in [-0.15, -0.1) is 24.8 Å². The van der Waals surface area contributed by atoms with Gasteiger partial charge in [-0.2, -0.15) is 4.98 Å². The molecule has 0 amide bonds. The molecule has 0 unspecified atom stereocenters. The molecule has 0 radical (unpaired) electrons. The summed E-state index contributed by atoms with van der Waals surface area (Å²) in [6.45, 7) is 5.75. The molecule has 138 valence electrons. The summed E-state index contributed by atoms with van der Waals surface area (Å²) in [5.41, 5.74) is 0. The molecule has 2 N–H and O–H groups in total. The molecule has 2 aliphatic rings. The monoisotopic (exact) mass is 378 g/mol. The number of rotatable bonds is 6. The molecule has 0 saturated carbocycles. The normalized spacial score (nSPS) is 19.0. The number of piperidine rings is 2. The highest BCUT2D eigenvalue weighted by Gasteiger charge is 2.16. The highest BCUT2D eigenvalue weighted by molar-refractivity contribution is 5.85. The van der Waals surface area contributed by atoms with Crippen LogP contribution < -0.4 is 20.1 Å². The topological polar surface area (TPSA) is 68.3 Å². The van der Waals surface area contributed by atoms with Gasteiger partial charge < -0.3 is 20.1 Å². The van der Waals surface area contributed by atoms with Crippen molar-refractivity contribution in [1.82, 2.24) is 20.6 Å². The van der Waals surface area contributed by atoms with Gasteiger partial charge in [-0.3, -0.25) is 0 Å². The zero-order valence-corrected chi connectivity index (χ0v) is 15.5. The van der Waals surface area contributed by atoms with Crippen molar-refractivity contribution in [2.24, 2.45) is 11.8 Å². The van der Waals surface area contributed by atoms with E-state index in [9.17, 15) is 0 Å². The molecule has 0 spiro atoms. The minimum atomic E-state index is 0. The third-order valence-electron chi connectivity index (χ3n) is 4.44. The van der Waals surface area contributed by atoms with Crippen LogP contribution in [0.3, 0.4) is 0 Å². The standard InChI is InChI=1S/C16H26N4O2.2ClH/c1-6-17-7-2-13(1)11-21-15-5-10-19-16(20-15)22-12-14-3-8-18-9-4-14;;/h5,10,13-14,17-18H,1-4,6-9,11-12H2;2*1H. The molecule has 1 aromatic rings. The number of hydrogen-bond acceptors (Lipinski definition) is 6. The third kappa shape index (κ3) is 6.97. The number of aromatic nitrogens is 2. The molecular weight excluding hydrogens is 351 g/mol. The van der Waals surface area contributed by atoms with Gasteiger partial charge in [0.15, 0.2) is 0 Å². The van der Waals surface area contributed by atoms with Gasteiger partial charge >= 0.3 is 6.01 Å². The quantitative estimate of drug-likeness (QED) is 0.789. The van der Waals surface area contributed by atoms with Crippen LogP contribution in [0.4, 0.5) is 0 Å². The van der Waals surface area contributed by atoms with Crippen LogP contribution in [0.25, 0.3) is 0 Å². The summed E-state index contributed by atoms with van der Waals surface area (Å²) < 4.78 is 11.5. The van der Waals surface area contributed by atoms with E-state index in [4.69, 9.17) is 9.47 Å². The van der Waals surface area contributed by atoms with Gasteiger partial charge in [0.25, 0.3) is 0 Å². The fourth-order valence-corrected chi connectivity index (χ4v) is 2.97. The van der Waals surface area contributed by atoms with Crippen LogP contribution in [0.2, 0.25) is 0 Å². The summed E-state index contributed by atoms with van der Waals surface area (Å²) in [5.74, 6) is 1.84. The summed E-state index contributed by atoms with van der Waals surface area (Å²) in [7, 11) is 0. The second-order valence-electron chi connectivity index (χ2n) is 6.19. The van der Waals surface area contributed by atoms with Crippen molar-refractivity contribution >= 4 is 24.8 Å². The first kappa shape index (κ1) is 21.2. The Morgan fingerprint density at radius 3 is 2.00 bits per heavy atom. The van der Waals surface area contributed by atoms with Crippen LogP contribution in [0.1, 0.15) is 25.7 Å². The van der Waals surface area contributed by atoms with Gasteiger partial charge in [0, 0.05) is 12.3 Å². The molecule has 2 saturated heterocycles. The van der Waals surface area contributed by atoms with Crippen molar-refractivity contribution in [1.29, 1.82) is 0 Å². The van der Waals surface area contributed by atoms with E-state index in [0.29, 0.717) is 30.3 Å². The van der Waals surface area contributed by atoms with Crippen molar-refractivity contribution in [3.63, 3.8) is 0 Å². The van der Waals surface area contributed by atoms with Gasteiger partial charge in [-0.05, 0) is 63.7 Å². The zero-order chi connectivity index (χ0) is 15.0. The molecule has 2 aliphatic heterocycles. The predicted molar refractivity (Wildman–Crippen MR) is 98.7 cm³/mol. The van der Waals surface area contributed by atoms with Gasteiger partial charge in [-0.25, -0.2) is 4.98 Å². The van der Waals surface area contributed by atoms with Crippen LogP contribution in [-0.2, 0) is 0 Å². The van der Waals surface area contributed by atoms with E-state index in [1.807, 2.05) is 0 Å². The summed E-state index contributed by atoms with van der Waals surface area (Å²) in [6, 6.07) is 2.24. The van der Waals surface area contributed by atoms with Gasteiger partial charge in [0.05, 0.1) is 13.2 Å². The number of hydrogen-bond donors (Lipinski definition) is 2. The Hall–Kier alpha value is -0.820. The van der Waals surface area contributed by atoms with E-state index in [0.717, 1.165) is 45.6 Å². The van der Waals surface area contributed by atoms with E-state index in [1.54, 1.807) is 12.3 Å². The van der Waals surface area contributed by atoms with E-state index in [2.05, 4.69) is 20.6 Å². The molecule has 2 fully saturated rings. The van der Waals surface area contributed by atoms with Crippen molar-refractivity contribution in [3.8, 4) is 11.9 Å². The van der Waals surface area contributed by atoms with E-state index < -0.39 is 0 Å². The van der Waals surface area contributed by atoms with E-state index in [-0.39, 0.29) is 24.8 Å². The fourth-order valence-electron chi connectivity index (χ4n) is 2.97. The lowest BCUT2D eigenvalue weighted by Crippen LogP contribution is -2.31. The molecule has 0 bridgehead atoms. The van der Waals surface area contributed by atoms with E-state index in [1.165, 1.54) is 12.8 Å². The molecule has 3 heterocycles. The molecule has 1 aromatic heterocycles. The Labute approximate surface area is 156 Å². The maximum atomic E-state index is 5.81. The van der Waals surface area contributed by atoms with Crippen LogP contribution in [0, 0.1) is 11.8 Å². The molecular formula is C16H28Cl2N4O2. The van der Waals surface area contributed by atoms with Crippen molar-refractivity contribution in [2.45, 2.75) is 25.7 Å². The number of nitrogens with zero attached hydrogens (tertiary/aromatic N) is 2. The summed E-state index contributed by atoms with van der Waals surface area (Å²) in [4.78, 5) is 8.53. The van der Waals surface area contributed by atoms with Gasteiger partial charge in [0.2, 0.25) is 5.88 Å². The molecule has 24 heavy (non-hydrogen) atoms. The second-order valence-corrected chi connectivity index (χ2v) is 6.19. The highest BCUT2D eigenvalue weighted by Crippen LogP contribution is 2.17. The molecule has 0 atom stereocenters. The maximum absolute atomic E-state index is 5.81. The first-order valence-corrected chi connectivity index (χ1v) is 8.40. The fraction of sp³-hybridized carbons (Fsp3) is 0.750. The average molecular weight is 379 g/mol. The summed E-state index contributed by atoms with van der Waals surface area (Å²) >= 11 is 0. The third-order valence-corrected chi connectivity index (χ3v) is 4.44. The maximum Gasteiger partial charge on any atom is 0.319 e. The van der Waals surface area contributed by atoms with Crippen LogP contribution in [-0.4, -0.2) is 49.4 Å². The SMILES string of the molecule is Cl.Cl.c1cc(OCC2CCNCC2)nc(OCC2CCNCC2)n1. The molecule has 3 rings (SSSR count). The lowest BCUT2D eigenvalue weighted by molar-refractivity contribution is 0.189.